The quantitative estimate of drug-likeness (QED) is 0.829. The van der Waals surface area contributed by atoms with E-state index in [1.807, 2.05) is 0 Å². The van der Waals surface area contributed by atoms with Crippen LogP contribution in [-0.4, -0.2) is 30.4 Å². The Morgan fingerprint density at radius 2 is 1.81 bits per heavy atom. The van der Waals surface area contributed by atoms with Crippen LogP contribution in [0.5, 0.6) is 0 Å². The molecule has 1 atom stereocenters. The molecule has 0 aromatic heterocycles. The average molecular weight is 348 g/mol. The molecule has 2 aliphatic rings. The summed E-state index contributed by atoms with van der Waals surface area (Å²) in [6.45, 7) is 5.54. The molecule has 1 saturated heterocycles. The lowest BCUT2D eigenvalue weighted by Crippen LogP contribution is -2.27. The Balaban J connectivity index is 1.70. The molecule has 1 aliphatic carbocycles. The Morgan fingerprint density at radius 3 is 2.50 bits per heavy atom. The van der Waals surface area contributed by atoms with Crippen molar-refractivity contribution in [2.45, 2.75) is 38.5 Å². The van der Waals surface area contributed by atoms with Gasteiger partial charge in [-0.05, 0) is 68.5 Å². The van der Waals surface area contributed by atoms with Gasteiger partial charge in [0.2, 0.25) is 5.91 Å². The molecule has 2 aromatic rings. The third-order valence-corrected chi connectivity index (χ3v) is 5.72. The number of aryl methyl sites for hydroxylation is 1. The van der Waals surface area contributed by atoms with Crippen LogP contribution in [0.15, 0.2) is 48.5 Å². The Kier molecular flexibility index (Phi) is 5.07. The summed E-state index contributed by atoms with van der Waals surface area (Å²) in [4.78, 5) is 15.0. The number of nitrogens with one attached hydrogen (secondary N) is 1. The molecule has 3 heteroatoms. The minimum Gasteiger partial charge on any atom is -0.326 e. The number of hydrogen-bond acceptors (Lipinski definition) is 2. The van der Waals surface area contributed by atoms with E-state index in [1.165, 1.54) is 42.6 Å². The monoisotopic (exact) mass is 348 g/mol. The molecule has 1 unspecified atom stereocenters. The van der Waals surface area contributed by atoms with Crippen LogP contribution in [-0.2, 0) is 4.79 Å². The van der Waals surface area contributed by atoms with Crippen molar-refractivity contribution in [1.29, 1.82) is 0 Å². The van der Waals surface area contributed by atoms with E-state index in [0.29, 0.717) is 0 Å². The molecule has 0 bridgehead atoms. The largest absolute Gasteiger partial charge is 0.326 e. The van der Waals surface area contributed by atoms with Crippen LogP contribution in [0.2, 0.25) is 0 Å². The van der Waals surface area contributed by atoms with Gasteiger partial charge < -0.3 is 10.2 Å². The molecule has 26 heavy (non-hydrogen) atoms. The summed E-state index contributed by atoms with van der Waals surface area (Å²) >= 11 is 0. The van der Waals surface area contributed by atoms with Gasteiger partial charge in [0.15, 0.2) is 0 Å². The standard InChI is InChI=1S/C23H28N2O/c1-17-8-7-11-21(24-23(26)19-12-13-19)22(17)20(16-25-14-5-6-15-25)18-9-3-2-4-10-18/h2-4,7-11,19-20H,5-6,12-16H2,1H3,(H,24,26). The van der Waals surface area contributed by atoms with Crippen molar-refractivity contribution >= 4 is 11.6 Å². The highest BCUT2D eigenvalue weighted by molar-refractivity contribution is 5.95. The molecule has 4 rings (SSSR count). The highest BCUT2D eigenvalue weighted by atomic mass is 16.2. The molecule has 0 radical (unpaired) electrons. The van der Waals surface area contributed by atoms with Crippen LogP contribution in [0.3, 0.4) is 0 Å². The molecule has 2 aromatic carbocycles. The van der Waals surface area contributed by atoms with E-state index >= 15 is 0 Å². The molecule has 2 fully saturated rings. The Bertz CT molecular complexity index is 761. The van der Waals surface area contributed by atoms with Crippen molar-refractivity contribution in [3.05, 3.63) is 65.2 Å². The first-order valence-corrected chi connectivity index (χ1v) is 9.90. The summed E-state index contributed by atoms with van der Waals surface area (Å²) in [5.74, 6) is 0.687. The SMILES string of the molecule is Cc1cccc(NC(=O)C2CC2)c1C(CN1CCCC1)c1ccccc1. The van der Waals surface area contributed by atoms with E-state index in [0.717, 1.165) is 25.1 Å². The van der Waals surface area contributed by atoms with Crippen LogP contribution >= 0.6 is 0 Å². The summed E-state index contributed by atoms with van der Waals surface area (Å²) in [5, 5.41) is 3.23. The number of carbonyl (C=O) groups is 1. The number of carbonyl (C=O) groups excluding carboxylic acids is 1. The normalized spacial score (nSPS) is 18.7. The Morgan fingerprint density at radius 1 is 1.08 bits per heavy atom. The second-order valence-electron chi connectivity index (χ2n) is 7.77. The van der Waals surface area contributed by atoms with Crippen molar-refractivity contribution in [1.82, 2.24) is 4.90 Å². The number of nitrogens with zero attached hydrogens (tertiary/aromatic N) is 1. The van der Waals surface area contributed by atoms with Gasteiger partial charge >= 0.3 is 0 Å². The number of benzene rings is 2. The second-order valence-corrected chi connectivity index (χ2v) is 7.77. The van der Waals surface area contributed by atoms with Crippen LogP contribution in [0.1, 0.15) is 48.3 Å². The lowest BCUT2D eigenvalue weighted by molar-refractivity contribution is -0.117. The number of hydrogen-bond donors (Lipinski definition) is 1. The maximum absolute atomic E-state index is 12.4. The molecule has 1 saturated carbocycles. The van der Waals surface area contributed by atoms with Gasteiger partial charge in [0.05, 0.1) is 0 Å². The molecule has 1 N–H and O–H groups in total. The Labute approximate surface area is 156 Å². The lowest BCUT2D eigenvalue weighted by Gasteiger charge is -2.27. The second kappa shape index (κ2) is 7.63. The number of likely N-dealkylation sites (tertiary alicyclic amines) is 1. The fourth-order valence-electron chi connectivity index (χ4n) is 4.10. The summed E-state index contributed by atoms with van der Waals surface area (Å²) in [7, 11) is 0. The van der Waals surface area contributed by atoms with Crippen LogP contribution in [0, 0.1) is 12.8 Å². The van der Waals surface area contributed by atoms with Gasteiger partial charge in [-0.25, -0.2) is 0 Å². The van der Waals surface area contributed by atoms with E-state index in [4.69, 9.17) is 0 Å². The van der Waals surface area contributed by atoms with E-state index in [1.54, 1.807) is 0 Å². The summed E-state index contributed by atoms with van der Waals surface area (Å²) in [6.07, 6.45) is 4.65. The van der Waals surface area contributed by atoms with Crippen molar-refractivity contribution in [2.75, 3.05) is 25.0 Å². The smallest absolute Gasteiger partial charge is 0.227 e. The maximum atomic E-state index is 12.4. The maximum Gasteiger partial charge on any atom is 0.227 e. The molecular formula is C23H28N2O. The fraction of sp³-hybridized carbons (Fsp3) is 0.435. The van der Waals surface area contributed by atoms with Crippen molar-refractivity contribution < 1.29 is 4.79 Å². The highest BCUT2D eigenvalue weighted by Crippen LogP contribution is 2.36. The predicted molar refractivity (Wildman–Crippen MR) is 106 cm³/mol. The molecule has 0 spiro atoms. The topological polar surface area (TPSA) is 32.3 Å². The van der Waals surface area contributed by atoms with Gasteiger partial charge in [-0.3, -0.25) is 4.79 Å². The molecule has 3 nitrogen and oxygen atoms in total. The Hall–Kier alpha value is -2.13. The zero-order chi connectivity index (χ0) is 17.9. The first kappa shape index (κ1) is 17.3. The van der Waals surface area contributed by atoms with E-state index in [9.17, 15) is 4.79 Å². The van der Waals surface area contributed by atoms with Gasteiger partial charge in [-0.15, -0.1) is 0 Å². The molecule has 136 valence electrons. The number of anilines is 1. The van der Waals surface area contributed by atoms with E-state index < -0.39 is 0 Å². The van der Waals surface area contributed by atoms with Crippen molar-refractivity contribution in [3.8, 4) is 0 Å². The average Bonchev–Trinajstić information content (AvgIpc) is 3.39. The molecule has 1 aliphatic heterocycles. The number of rotatable bonds is 6. The summed E-state index contributed by atoms with van der Waals surface area (Å²) < 4.78 is 0. The van der Waals surface area contributed by atoms with Crippen LogP contribution in [0.25, 0.3) is 0 Å². The van der Waals surface area contributed by atoms with Crippen molar-refractivity contribution in [3.63, 3.8) is 0 Å². The first-order valence-electron chi connectivity index (χ1n) is 9.90. The van der Waals surface area contributed by atoms with Crippen LogP contribution in [0.4, 0.5) is 5.69 Å². The molecular weight excluding hydrogens is 320 g/mol. The predicted octanol–water partition coefficient (Wildman–Crippen LogP) is 4.57. The van der Waals surface area contributed by atoms with Gasteiger partial charge in [0, 0.05) is 24.1 Å². The highest BCUT2D eigenvalue weighted by Gasteiger charge is 2.31. The first-order chi connectivity index (χ1) is 12.7. The number of amides is 1. The lowest BCUT2D eigenvalue weighted by atomic mass is 9.86. The molecule has 1 amide bonds. The minimum atomic E-state index is 0.185. The van der Waals surface area contributed by atoms with E-state index in [2.05, 4.69) is 65.7 Å². The summed E-state index contributed by atoms with van der Waals surface area (Å²) in [5.41, 5.74) is 4.86. The van der Waals surface area contributed by atoms with E-state index in [-0.39, 0.29) is 17.7 Å². The summed E-state index contributed by atoms with van der Waals surface area (Å²) in [6, 6.07) is 17.0. The zero-order valence-corrected chi connectivity index (χ0v) is 15.6. The van der Waals surface area contributed by atoms with Gasteiger partial charge in [0.1, 0.15) is 0 Å². The van der Waals surface area contributed by atoms with Crippen molar-refractivity contribution in [2.24, 2.45) is 5.92 Å². The van der Waals surface area contributed by atoms with Crippen LogP contribution < -0.4 is 5.32 Å². The van der Waals surface area contributed by atoms with Gasteiger partial charge in [0.25, 0.3) is 0 Å². The molecule has 1 heterocycles. The fourth-order valence-corrected chi connectivity index (χ4v) is 4.10. The van der Waals surface area contributed by atoms with Gasteiger partial charge in [-0.2, -0.15) is 0 Å². The third kappa shape index (κ3) is 3.83. The zero-order valence-electron chi connectivity index (χ0n) is 15.6. The minimum absolute atomic E-state index is 0.185. The third-order valence-electron chi connectivity index (χ3n) is 5.72. The van der Waals surface area contributed by atoms with Gasteiger partial charge in [-0.1, -0.05) is 42.5 Å².